The van der Waals surface area contributed by atoms with Gasteiger partial charge in [-0.3, -0.25) is 0 Å². The van der Waals surface area contributed by atoms with E-state index >= 15 is 0 Å². The molecule has 0 amide bonds. The normalized spacial score (nSPS) is 9.71. The zero-order chi connectivity index (χ0) is 12.3. The molecule has 0 radical (unpaired) electrons. The second-order valence-electron chi connectivity index (χ2n) is 3.33. The predicted molar refractivity (Wildman–Crippen MR) is 63.6 cm³/mol. The molecular formula is C12H7ClFN3. The van der Waals surface area contributed by atoms with E-state index in [0.29, 0.717) is 22.1 Å². The van der Waals surface area contributed by atoms with Crippen LogP contribution in [0.4, 0.5) is 15.9 Å². The van der Waals surface area contributed by atoms with Gasteiger partial charge in [-0.1, -0.05) is 11.6 Å². The number of nitrogens with one attached hydrogen (secondary N) is 1. The fourth-order valence-electron chi connectivity index (χ4n) is 1.31. The van der Waals surface area contributed by atoms with Gasteiger partial charge in [0.15, 0.2) is 0 Å². The topological polar surface area (TPSA) is 48.7 Å². The molecule has 5 heteroatoms. The molecule has 0 saturated heterocycles. The van der Waals surface area contributed by atoms with Gasteiger partial charge in [0.05, 0.1) is 5.56 Å². The van der Waals surface area contributed by atoms with Crippen molar-refractivity contribution in [2.75, 3.05) is 5.32 Å². The molecule has 0 aliphatic carbocycles. The summed E-state index contributed by atoms with van der Waals surface area (Å²) < 4.78 is 13.1. The van der Waals surface area contributed by atoms with Crippen LogP contribution in [0, 0.1) is 17.1 Å². The van der Waals surface area contributed by atoms with Crippen molar-refractivity contribution in [3.05, 3.63) is 52.9 Å². The van der Waals surface area contributed by atoms with Gasteiger partial charge < -0.3 is 5.32 Å². The third-order valence-corrected chi connectivity index (χ3v) is 2.25. The molecule has 2 rings (SSSR count). The second kappa shape index (κ2) is 4.81. The summed E-state index contributed by atoms with van der Waals surface area (Å²) in [6.07, 6.45) is 1.43. The van der Waals surface area contributed by atoms with Gasteiger partial charge in [-0.25, -0.2) is 9.37 Å². The molecule has 1 heterocycles. The van der Waals surface area contributed by atoms with Crippen LogP contribution in [-0.2, 0) is 0 Å². The van der Waals surface area contributed by atoms with E-state index in [-0.39, 0.29) is 0 Å². The third kappa shape index (κ3) is 2.92. The fourth-order valence-corrected chi connectivity index (χ4v) is 1.53. The zero-order valence-corrected chi connectivity index (χ0v) is 9.37. The second-order valence-corrected chi connectivity index (χ2v) is 3.76. The lowest BCUT2D eigenvalue weighted by Gasteiger charge is -2.05. The van der Waals surface area contributed by atoms with Gasteiger partial charge >= 0.3 is 0 Å². The molecule has 0 atom stereocenters. The first-order chi connectivity index (χ1) is 8.17. The van der Waals surface area contributed by atoms with Crippen LogP contribution in [0.25, 0.3) is 0 Å². The van der Waals surface area contributed by atoms with Crippen molar-refractivity contribution in [1.29, 1.82) is 5.26 Å². The van der Waals surface area contributed by atoms with Gasteiger partial charge in [0.2, 0.25) is 0 Å². The number of nitriles is 1. The fraction of sp³-hybridized carbons (Fsp3) is 0. The van der Waals surface area contributed by atoms with Crippen LogP contribution in [0.15, 0.2) is 36.5 Å². The predicted octanol–water partition coefficient (Wildman–Crippen LogP) is 3.49. The Balaban J connectivity index is 2.22. The highest BCUT2D eigenvalue weighted by molar-refractivity contribution is 6.30. The summed E-state index contributed by atoms with van der Waals surface area (Å²) in [5.41, 5.74) is 0.972. The summed E-state index contributed by atoms with van der Waals surface area (Å²) in [5.74, 6) is 0.0966. The van der Waals surface area contributed by atoms with Gasteiger partial charge in [-0.15, -0.1) is 0 Å². The smallest absolute Gasteiger partial charge is 0.130 e. The number of rotatable bonds is 2. The number of aromatic nitrogens is 1. The van der Waals surface area contributed by atoms with Crippen molar-refractivity contribution >= 4 is 23.1 Å². The van der Waals surface area contributed by atoms with Crippen LogP contribution in [-0.4, -0.2) is 4.98 Å². The van der Waals surface area contributed by atoms with Crippen LogP contribution in [0.3, 0.4) is 0 Å². The molecule has 0 saturated carbocycles. The number of pyridine rings is 1. The summed E-state index contributed by atoms with van der Waals surface area (Å²) >= 11 is 5.72. The van der Waals surface area contributed by atoms with Crippen LogP contribution < -0.4 is 5.32 Å². The molecule has 3 nitrogen and oxygen atoms in total. The summed E-state index contributed by atoms with van der Waals surface area (Å²) in [7, 11) is 0. The number of anilines is 2. The average Bonchev–Trinajstić information content (AvgIpc) is 2.28. The minimum Gasteiger partial charge on any atom is -0.340 e. The summed E-state index contributed by atoms with van der Waals surface area (Å²) in [4.78, 5) is 4.00. The van der Waals surface area contributed by atoms with Gasteiger partial charge in [0.25, 0.3) is 0 Å². The monoisotopic (exact) mass is 247 g/mol. The van der Waals surface area contributed by atoms with E-state index < -0.39 is 5.82 Å². The molecular weight excluding hydrogens is 241 g/mol. The van der Waals surface area contributed by atoms with Gasteiger partial charge in [0, 0.05) is 16.9 Å². The van der Waals surface area contributed by atoms with Crippen LogP contribution in [0.2, 0.25) is 5.02 Å². The number of hydrogen-bond donors (Lipinski definition) is 1. The molecule has 0 fully saturated rings. The van der Waals surface area contributed by atoms with Gasteiger partial charge in [-0.2, -0.15) is 5.26 Å². The maximum absolute atomic E-state index is 13.1. The van der Waals surface area contributed by atoms with Crippen molar-refractivity contribution < 1.29 is 4.39 Å². The zero-order valence-electron chi connectivity index (χ0n) is 8.61. The van der Waals surface area contributed by atoms with E-state index in [1.54, 1.807) is 18.2 Å². The van der Waals surface area contributed by atoms with Crippen molar-refractivity contribution in [3.63, 3.8) is 0 Å². The molecule has 0 bridgehead atoms. The number of hydrogen-bond acceptors (Lipinski definition) is 3. The number of benzene rings is 1. The highest BCUT2D eigenvalue weighted by Gasteiger charge is 2.01. The maximum Gasteiger partial charge on any atom is 0.130 e. The maximum atomic E-state index is 13.1. The standard InChI is InChI=1S/C12H7ClFN3/c13-9-3-10(14)5-11(4-9)17-12-2-1-8(6-15)7-16-12/h1-5,7H,(H,16,17). The highest BCUT2D eigenvalue weighted by Crippen LogP contribution is 2.21. The molecule has 0 unspecified atom stereocenters. The molecule has 1 aromatic heterocycles. The Morgan fingerprint density at radius 3 is 2.71 bits per heavy atom. The molecule has 1 N–H and O–H groups in total. The Morgan fingerprint density at radius 2 is 2.12 bits per heavy atom. The Kier molecular flexibility index (Phi) is 3.22. The Labute approximate surface area is 102 Å². The minimum atomic E-state index is -0.423. The van der Waals surface area contributed by atoms with E-state index in [4.69, 9.17) is 16.9 Å². The number of nitrogens with zero attached hydrogens (tertiary/aromatic N) is 2. The molecule has 0 spiro atoms. The van der Waals surface area contributed by atoms with E-state index in [9.17, 15) is 4.39 Å². The van der Waals surface area contributed by atoms with Crippen molar-refractivity contribution in [2.24, 2.45) is 0 Å². The van der Waals surface area contributed by atoms with Crippen molar-refractivity contribution in [1.82, 2.24) is 4.98 Å². The number of halogens is 2. The quantitative estimate of drug-likeness (QED) is 0.884. The molecule has 0 aliphatic heterocycles. The summed E-state index contributed by atoms with van der Waals surface area (Å²) in [5, 5.41) is 11.8. The average molecular weight is 248 g/mol. The molecule has 2 aromatic rings. The lowest BCUT2D eigenvalue weighted by molar-refractivity contribution is 0.628. The lowest BCUT2D eigenvalue weighted by atomic mass is 10.3. The Hall–Kier alpha value is -2.12. The van der Waals surface area contributed by atoms with E-state index in [0.717, 1.165) is 0 Å². The first kappa shape index (κ1) is 11.4. The van der Waals surface area contributed by atoms with Crippen LogP contribution in [0.1, 0.15) is 5.56 Å². The van der Waals surface area contributed by atoms with Gasteiger partial charge in [-0.05, 0) is 30.3 Å². The molecule has 0 aliphatic rings. The van der Waals surface area contributed by atoms with E-state index in [2.05, 4.69) is 10.3 Å². The van der Waals surface area contributed by atoms with Crippen LogP contribution in [0.5, 0.6) is 0 Å². The molecule has 17 heavy (non-hydrogen) atoms. The van der Waals surface area contributed by atoms with Crippen LogP contribution >= 0.6 is 11.6 Å². The first-order valence-electron chi connectivity index (χ1n) is 4.76. The molecule has 1 aromatic carbocycles. The first-order valence-corrected chi connectivity index (χ1v) is 5.14. The Morgan fingerprint density at radius 1 is 1.29 bits per heavy atom. The van der Waals surface area contributed by atoms with E-state index in [1.807, 2.05) is 6.07 Å². The van der Waals surface area contributed by atoms with Crippen molar-refractivity contribution in [2.45, 2.75) is 0 Å². The largest absolute Gasteiger partial charge is 0.340 e. The third-order valence-electron chi connectivity index (χ3n) is 2.03. The molecule has 84 valence electrons. The van der Waals surface area contributed by atoms with Gasteiger partial charge in [0.1, 0.15) is 17.7 Å². The Bertz CT molecular complexity index is 555. The lowest BCUT2D eigenvalue weighted by Crippen LogP contribution is -1.94. The summed E-state index contributed by atoms with van der Waals surface area (Å²) in [6, 6.07) is 9.34. The van der Waals surface area contributed by atoms with Crippen molar-refractivity contribution in [3.8, 4) is 6.07 Å². The SMILES string of the molecule is N#Cc1ccc(Nc2cc(F)cc(Cl)c2)nc1. The minimum absolute atomic E-state index is 0.307. The van der Waals surface area contributed by atoms with E-state index in [1.165, 1.54) is 18.3 Å². The highest BCUT2D eigenvalue weighted by atomic mass is 35.5. The summed E-state index contributed by atoms with van der Waals surface area (Å²) in [6.45, 7) is 0.